The van der Waals surface area contributed by atoms with Crippen molar-refractivity contribution in [3.8, 4) is 11.1 Å². The fourth-order valence-electron chi connectivity index (χ4n) is 3.87. The molecule has 0 aliphatic heterocycles. The molecule has 0 fully saturated rings. The van der Waals surface area contributed by atoms with Crippen LogP contribution in [0.5, 0.6) is 0 Å². The molecule has 10 heteroatoms. The lowest BCUT2D eigenvalue weighted by Crippen LogP contribution is -2.13. The molecule has 4 aromatic heterocycles. The Bertz CT molecular complexity index is 1470. The van der Waals surface area contributed by atoms with E-state index in [-0.39, 0.29) is 16.5 Å². The van der Waals surface area contributed by atoms with Crippen molar-refractivity contribution in [3.05, 3.63) is 64.5 Å². The van der Waals surface area contributed by atoms with E-state index in [9.17, 15) is 0 Å². The molecular formula is C21H16BrF2N7. The highest BCUT2D eigenvalue weighted by Gasteiger charge is 2.25. The molecule has 0 radical (unpaired) electrons. The van der Waals surface area contributed by atoms with Gasteiger partial charge in [0.05, 0.1) is 24.0 Å². The van der Waals surface area contributed by atoms with E-state index in [0.717, 1.165) is 5.56 Å². The van der Waals surface area contributed by atoms with Crippen molar-refractivity contribution in [2.75, 3.05) is 0 Å². The number of pyridine rings is 1. The van der Waals surface area contributed by atoms with Gasteiger partial charge in [-0.15, -0.1) is 0 Å². The molecule has 156 valence electrons. The summed E-state index contributed by atoms with van der Waals surface area (Å²) >= 11 is 3.30. The summed E-state index contributed by atoms with van der Waals surface area (Å²) in [6.45, 7) is 3.47. The molecule has 0 aliphatic carbocycles. The Labute approximate surface area is 183 Å². The molecule has 5 rings (SSSR count). The average Bonchev–Trinajstić information content (AvgIpc) is 3.30. The van der Waals surface area contributed by atoms with Gasteiger partial charge >= 0.3 is 0 Å². The third-order valence-corrected chi connectivity index (χ3v) is 5.69. The first-order valence-corrected chi connectivity index (χ1v) is 10.3. The van der Waals surface area contributed by atoms with Crippen molar-refractivity contribution in [3.63, 3.8) is 0 Å². The molecule has 0 bridgehead atoms. The minimum atomic E-state index is -0.708. The molecule has 0 aliphatic rings. The Kier molecular flexibility index (Phi) is 4.54. The molecule has 0 spiro atoms. The topological polar surface area (TPSA) is 74.3 Å². The summed E-state index contributed by atoms with van der Waals surface area (Å²) < 4.78 is 34.6. The van der Waals surface area contributed by atoms with E-state index < -0.39 is 17.7 Å². The Morgan fingerprint density at radius 1 is 1.03 bits per heavy atom. The number of halogens is 3. The highest BCUT2D eigenvalue weighted by molar-refractivity contribution is 9.10. The fraction of sp³-hybridized carbons (Fsp3) is 0.190. The van der Waals surface area contributed by atoms with Crippen LogP contribution in [-0.2, 0) is 7.05 Å². The predicted octanol–water partition coefficient (Wildman–Crippen LogP) is 4.73. The van der Waals surface area contributed by atoms with Crippen LogP contribution in [0.4, 0.5) is 8.78 Å². The molecule has 0 N–H and O–H groups in total. The van der Waals surface area contributed by atoms with Gasteiger partial charge in [0.15, 0.2) is 11.3 Å². The van der Waals surface area contributed by atoms with Crippen LogP contribution >= 0.6 is 15.9 Å². The average molecular weight is 484 g/mol. The summed E-state index contributed by atoms with van der Waals surface area (Å²) in [5.74, 6) is -0.782. The second kappa shape index (κ2) is 7.16. The van der Waals surface area contributed by atoms with Gasteiger partial charge < -0.3 is 4.57 Å². The van der Waals surface area contributed by atoms with Crippen LogP contribution < -0.4 is 0 Å². The number of hydrogen-bond donors (Lipinski definition) is 0. The molecule has 1 aromatic carbocycles. The van der Waals surface area contributed by atoms with Crippen molar-refractivity contribution < 1.29 is 8.78 Å². The van der Waals surface area contributed by atoms with Gasteiger partial charge in [-0.3, -0.25) is 9.67 Å². The molecule has 0 saturated carbocycles. The van der Waals surface area contributed by atoms with Crippen molar-refractivity contribution in [1.82, 2.24) is 34.3 Å². The largest absolute Gasteiger partial charge is 0.304 e. The second-order valence-corrected chi connectivity index (χ2v) is 8.14. The summed E-state index contributed by atoms with van der Waals surface area (Å²) in [4.78, 5) is 17.3. The third kappa shape index (κ3) is 3.18. The number of hydrogen-bond acceptors (Lipinski definition) is 5. The van der Waals surface area contributed by atoms with Crippen LogP contribution in [0, 0.1) is 18.6 Å². The van der Waals surface area contributed by atoms with Gasteiger partial charge in [0.1, 0.15) is 22.1 Å². The van der Waals surface area contributed by atoms with Gasteiger partial charge in [0, 0.05) is 47.6 Å². The number of fused-ring (bicyclic) bond motifs is 2. The second-order valence-electron chi connectivity index (χ2n) is 7.32. The van der Waals surface area contributed by atoms with Crippen molar-refractivity contribution >= 4 is 38.1 Å². The molecule has 0 amide bonds. The Hall–Kier alpha value is -3.27. The van der Waals surface area contributed by atoms with E-state index in [0.29, 0.717) is 27.3 Å². The zero-order valence-corrected chi connectivity index (χ0v) is 18.4. The molecule has 31 heavy (non-hydrogen) atoms. The zero-order valence-electron chi connectivity index (χ0n) is 16.8. The van der Waals surface area contributed by atoms with Gasteiger partial charge in [-0.05, 0) is 35.8 Å². The summed E-state index contributed by atoms with van der Waals surface area (Å²) in [5, 5.41) is 4.38. The highest BCUT2D eigenvalue weighted by atomic mass is 79.9. The fourth-order valence-corrected chi connectivity index (χ4v) is 4.14. The SMILES string of the molecule is Cc1nc2ncc(Br)nc2n1C(C)c1c(F)cc2ncc(-c3cnn(C)c3)cc2c1F. The normalized spacial score (nSPS) is 12.7. The van der Waals surface area contributed by atoms with E-state index >= 15 is 8.78 Å². The minimum Gasteiger partial charge on any atom is -0.304 e. The molecule has 0 saturated heterocycles. The lowest BCUT2D eigenvalue weighted by Gasteiger charge is -2.19. The quantitative estimate of drug-likeness (QED) is 0.370. The highest BCUT2D eigenvalue weighted by Crippen LogP contribution is 2.33. The van der Waals surface area contributed by atoms with Crippen LogP contribution in [0.3, 0.4) is 0 Å². The van der Waals surface area contributed by atoms with E-state index in [1.807, 2.05) is 6.20 Å². The minimum absolute atomic E-state index is 0.0817. The summed E-state index contributed by atoms with van der Waals surface area (Å²) in [6, 6.07) is 2.22. The maximum Gasteiger partial charge on any atom is 0.197 e. The van der Waals surface area contributed by atoms with E-state index in [1.54, 1.807) is 48.6 Å². The van der Waals surface area contributed by atoms with E-state index in [1.165, 1.54) is 12.3 Å². The zero-order chi connectivity index (χ0) is 21.9. The molecule has 7 nitrogen and oxygen atoms in total. The lowest BCUT2D eigenvalue weighted by atomic mass is 10.0. The first-order valence-electron chi connectivity index (χ1n) is 9.47. The van der Waals surface area contributed by atoms with Gasteiger partial charge in [-0.25, -0.2) is 23.7 Å². The monoisotopic (exact) mass is 483 g/mol. The van der Waals surface area contributed by atoms with Crippen LogP contribution in [0.1, 0.15) is 24.4 Å². The van der Waals surface area contributed by atoms with Gasteiger partial charge in [-0.2, -0.15) is 5.10 Å². The lowest BCUT2D eigenvalue weighted by molar-refractivity contribution is 0.512. The first-order chi connectivity index (χ1) is 14.8. The van der Waals surface area contributed by atoms with Crippen molar-refractivity contribution in [2.24, 2.45) is 7.05 Å². The van der Waals surface area contributed by atoms with Crippen LogP contribution in [0.25, 0.3) is 33.3 Å². The summed E-state index contributed by atoms with van der Waals surface area (Å²) in [6.07, 6.45) is 6.60. The molecule has 4 heterocycles. The van der Waals surface area contributed by atoms with E-state index in [2.05, 4.69) is 41.0 Å². The summed E-state index contributed by atoms with van der Waals surface area (Å²) in [7, 11) is 1.80. The Balaban J connectivity index is 1.71. The predicted molar refractivity (Wildman–Crippen MR) is 115 cm³/mol. The molecule has 1 unspecified atom stereocenters. The van der Waals surface area contributed by atoms with Gasteiger partial charge in [-0.1, -0.05) is 0 Å². The van der Waals surface area contributed by atoms with Crippen molar-refractivity contribution in [2.45, 2.75) is 19.9 Å². The van der Waals surface area contributed by atoms with E-state index in [4.69, 9.17) is 0 Å². The van der Waals surface area contributed by atoms with Crippen LogP contribution in [-0.4, -0.2) is 34.3 Å². The number of nitrogens with zero attached hydrogens (tertiary/aromatic N) is 7. The van der Waals surface area contributed by atoms with Gasteiger partial charge in [0.25, 0.3) is 0 Å². The van der Waals surface area contributed by atoms with Crippen molar-refractivity contribution in [1.29, 1.82) is 0 Å². The van der Waals surface area contributed by atoms with Crippen LogP contribution in [0.2, 0.25) is 0 Å². The molecular weight excluding hydrogens is 468 g/mol. The number of aromatic nitrogens is 7. The standard InChI is InChI=1S/C21H16BrF2N7/c1-10(31-11(2)28-20-21(31)29-17(22)8-26-20)18-15(23)5-16-14(19(18)24)4-12(6-25-16)13-7-27-30(3)9-13/h4-10H,1-3H3. The Morgan fingerprint density at radius 3 is 2.58 bits per heavy atom. The molecule has 1 atom stereocenters. The number of benzene rings is 1. The number of rotatable bonds is 3. The molecule has 5 aromatic rings. The number of imidazole rings is 1. The first kappa shape index (κ1) is 19.7. The maximum absolute atomic E-state index is 15.7. The van der Waals surface area contributed by atoms with Gasteiger partial charge in [0.2, 0.25) is 0 Å². The maximum atomic E-state index is 15.7. The summed E-state index contributed by atoms with van der Waals surface area (Å²) in [5.41, 5.74) is 2.51. The Morgan fingerprint density at radius 2 is 1.84 bits per heavy atom. The third-order valence-electron chi connectivity index (χ3n) is 5.31. The van der Waals surface area contributed by atoms with Crippen LogP contribution in [0.15, 0.2) is 41.5 Å². The smallest absolute Gasteiger partial charge is 0.197 e. The number of aryl methyl sites for hydroxylation is 2.